The zero-order valence-electron chi connectivity index (χ0n) is 15.7. The third-order valence-electron chi connectivity index (χ3n) is 4.48. The van der Waals surface area contributed by atoms with Crippen molar-refractivity contribution in [2.75, 3.05) is 5.32 Å². The fourth-order valence-corrected chi connectivity index (χ4v) is 2.94. The molecule has 0 bridgehead atoms. The molecule has 2 N–H and O–H groups in total. The lowest BCUT2D eigenvalue weighted by molar-refractivity contribution is -0.118. The number of rotatable bonds is 5. The summed E-state index contributed by atoms with van der Waals surface area (Å²) in [4.78, 5) is 29.8. The van der Waals surface area contributed by atoms with Gasteiger partial charge in [-0.05, 0) is 36.6 Å². The fraction of sp³-hybridized carbons (Fsp3) is 0.227. The van der Waals surface area contributed by atoms with Crippen LogP contribution in [0.25, 0.3) is 10.9 Å². The molecule has 0 spiro atoms. The molecule has 3 aromatic rings. The third-order valence-corrected chi connectivity index (χ3v) is 4.48. The summed E-state index contributed by atoms with van der Waals surface area (Å²) in [7, 11) is 0. The van der Waals surface area contributed by atoms with Gasteiger partial charge in [0, 0.05) is 10.9 Å². The first-order valence-electron chi connectivity index (χ1n) is 8.98. The number of fused-ring (bicyclic) bond motifs is 1. The second-order valence-electron chi connectivity index (χ2n) is 6.92. The van der Waals surface area contributed by atoms with E-state index in [4.69, 9.17) is 0 Å². The van der Waals surface area contributed by atoms with Crippen molar-refractivity contribution < 1.29 is 9.59 Å². The predicted octanol–water partition coefficient (Wildman–Crippen LogP) is 3.94. The summed E-state index contributed by atoms with van der Waals surface area (Å²) in [5.74, 6) is -0.575. The zero-order valence-corrected chi connectivity index (χ0v) is 15.7. The van der Waals surface area contributed by atoms with Gasteiger partial charge in [-0.1, -0.05) is 50.2 Å². The molecule has 138 valence electrons. The first kappa shape index (κ1) is 18.6. The molecule has 0 saturated carbocycles. The average Bonchev–Trinajstić information content (AvgIpc) is 2.65. The highest BCUT2D eigenvalue weighted by Gasteiger charge is 2.25. The van der Waals surface area contributed by atoms with Crippen LogP contribution in [0.1, 0.15) is 29.8 Å². The maximum absolute atomic E-state index is 12.8. The summed E-state index contributed by atoms with van der Waals surface area (Å²) in [6, 6.07) is 16.3. The normalized spacial score (nSPS) is 12.0. The summed E-state index contributed by atoms with van der Waals surface area (Å²) >= 11 is 0. The van der Waals surface area contributed by atoms with Crippen molar-refractivity contribution in [3.63, 3.8) is 0 Å². The fourth-order valence-electron chi connectivity index (χ4n) is 2.94. The van der Waals surface area contributed by atoms with Crippen LogP contribution in [-0.4, -0.2) is 22.8 Å². The Balaban J connectivity index is 1.76. The first-order chi connectivity index (χ1) is 13.0. The maximum Gasteiger partial charge on any atom is 0.252 e. The van der Waals surface area contributed by atoms with Crippen LogP contribution in [0.5, 0.6) is 0 Å². The molecule has 1 aromatic heterocycles. The molecule has 3 rings (SSSR count). The Morgan fingerprint density at radius 3 is 2.44 bits per heavy atom. The van der Waals surface area contributed by atoms with E-state index in [-0.39, 0.29) is 17.7 Å². The second kappa shape index (κ2) is 7.99. The van der Waals surface area contributed by atoms with Gasteiger partial charge in [0.25, 0.3) is 5.91 Å². The molecule has 2 aromatic carbocycles. The largest absolute Gasteiger partial charge is 0.340 e. The molecular formula is C22H23N3O2. The van der Waals surface area contributed by atoms with Crippen LogP contribution >= 0.6 is 0 Å². The Kier molecular flexibility index (Phi) is 5.50. The Hall–Kier alpha value is -3.21. The van der Waals surface area contributed by atoms with E-state index in [1.165, 1.54) is 0 Å². The van der Waals surface area contributed by atoms with E-state index >= 15 is 0 Å². The Labute approximate surface area is 158 Å². The van der Waals surface area contributed by atoms with Crippen LogP contribution in [0.15, 0.2) is 60.8 Å². The van der Waals surface area contributed by atoms with Crippen molar-refractivity contribution in [3.05, 3.63) is 71.9 Å². The molecule has 1 unspecified atom stereocenters. The minimum absolute atomic E-state index is 0.0635. The van der Waals surface area contributed by atoms with Gasteiger partial charge in [0.05, 0.1) is 17.4 Å². The molecule has 1 atom stereocenters. The van der Waals surface area contributed by atoms with Crippen LogP contribution in [0, 0.1) is 12.8 Å². The number of anilines is 1. The number of nitrogens with one attached hydrogen (secondary N) is 2. The number of benzene rings is 2. The summed E-state index contributed by atoms with van der Waals surface area (Å²) in [5, 5.41) is 6.67. The van der Waals surface area contributed by atoms with Crippen LogP contribution in [0.4, 0.5) is 5.69 Å². The lowest BCUT2D eigenvalue weighted by Gasteiger charge is -2.22. The molecular weight excluding hydrogens is 338 g/mol. The molecule has 0 aliphatic heterocycles. The van der Waals surface area contributed by atoms with E-state index in [9.17, 15) is 9.59 Å². The van der Waals surface area contributed by atoms with E-state index in [2.05, 4.69) is 15.6 Å². The topological polar surface area (TPSA) is 71.1 Å². The average molecular weight is 361 g/mol. The van der Waals surface area contributed by atoms with Gasteiger partial charge in [-0.2, -0.15) is 0 Å². The molecule has 2 amide bonds. The smallest absolute Gasteiger partial charge is 0.252 e. The highest BCUT2D eigenvalue weighted by atomic mass is 16.2. The third kappa shape index (κ3) is 4.31. The quantitative estimate of drug-likeness (QED) is 0.723. The highest BCUT2D eigenvalue weighted by molar-refractivity contribution is 6.02. The molecule has 27 heavy (non-hydrogen) atoms. The Bertz CT molecular complexity index is 982. The number of pyridine rings is 1. The van der Waals surface area contributed by atoms with Crippen molar-refractivity contribution in [3.8, 4) is 0 Å². The molecule has 5 heteroatoms. The Morgan fingerprint density at radius 1 is 1.00 bits per heavy atom. The van der Waals surface area contributed by atoms with Crippen molar-refractivity contribution in [2.24, 2.45) is 5.92 Å². The SMILES string of the molecule is Cc1ccccc1C(=O)NC(C(=O)Nc1cnc2ccccc2c1)C(C)C. The van der Waals surface area contributed by atoms with Crippen LogP contribution in [-0.2, 0) is 4.79 Å². The number of hydrogen-bond acceptors (Lipinski definition) is 3. The van der Waals surface area contributed by atoms with Gasteiger partial charge in [0.2, 0.25) is 5.91 Å². The van der Waals surface area contributed by atoms with E-state index in [1.807, 2.05) is 69.3 Å². The van der Waals surface area contributed by atoms with E-state index in [0.717, 1.165) is 16.5 Å². The molecule has 5 nitrogen and oxygen atoms in total. The van der Waals surface area contributed by atoms with Gasteiger partial charge in [-0.3, -0.25) is 14.6 Å². The summed E-state index contributed by atoms with van der Waals surface area (Å²) in [6.07, 6.45) is 1.63. The van der Waals surface area contributed by atoms with Crippen molar-refractivity contribution >= 4 is 28.4 Å². The number of nitrogens with zero attached hydrogens (tertiary/aromatic N) is 1. The standard InChI is InChI=1S/C22H23N3O2/c1-14(2)20(25-21(26)18-10-6-4-8-15(18)3)22(27)24-17-12-16-9-5-7-11-19(16)23-13-17/h4-14,20H,1-3H3,(H,24,27)(H,25,26). The van der Waals surface area contributed by atoms with Gasteiger partial charge in [-0.25, -0.2) is 0 Å². The molecule has 0 fully saturated rings. The first-order valence-corrected chi connectivity index (χ1v) is 8.98. The number of aromatic nitrogens is 1. The van der Waals surface area contributed by atoms with Crippen molar-refractivity contribution in [1.82, 2.24) is 10.3 Å². The lowest BCUT2D eigenvalue weighted by atomic mass is 10.0. The summed E-state index contributed by atoms with van der Waals surface area (Å²) in [6.45, 7) is 5.68. The molecule has 1 heterocycles. The number of carbonyl (C=O) groups excluding carboxylic acids is 2. The molecule has 0 aliphatic carbocycles. The van der Waals surface area contributed by atoms with Gasteiger partial charge < -0.3 is 10.6 Å². The number of aryl methyl sites for hydroxylation is 1. The minimum Gasteiger partial charge on any atom is -0.340 e. The van der Waals surface area contributed by atoms with Crippen molar-refractivity contribution in [2.45, 2.75) is 26.8 Å². The van der Waals surface area contributed by atoms with Gasteiger partial charge >= 0.3 is 0 Å². The van der Waals surface area contributed by atoms with Crippen LogP contribution < -0.4 is 10.6 Å². The number of amides is 2. The minimum atomic E-state index is -0.649. The van der Waals surface area contributed by atoms with Crippen LogP contribution in [0.2, 0.25) is 0 Å². The van der Waals surface area contributed by atoms with Gasteiger partial charge in [0.1, 0.15) is 6.04 Å². The predicted molar refractivity (Wildman–Crippen MR) is 108 cm³/mol. The zero-order chi connectivity index (χ0) is 19.4. The Morgan fingerprint density at radius 2 is 1.70 bits per heavy atom. The summed E-state index contributed by atoms with van der Waals surface area (Å²) in [5.41, 5.74) is 2.92. The van der Waals surface area contributed by atoms with Crippen LogP contribution in [0.3, 0.4) is 0 Å². The molecule has 0 saturated heterocycles. The van der Waals surface area contributed by atoms with Crippen molar-refractivity contribution in [1.29, 1.82) is 0 Å². The second-order valence-corrected chi connectivity index (χ2v) is 6.92. The molecule has 0 radical (unpaired) electrons. The van der Waals surface area contributed by atoms with E-state index in [1.54, 1.807) is 12.3 Å². The lowest BCUT2D eigenvalue weighted by Crippen LogP contribution is -2.47. The molecule has 0 aliphatic rings. The monoisotopic (exact) mass is 361 g/mol. The van der Waals surface area contributed by atoms with Gasteiger partial charge in [-0.15, -0.1) is 0 Å². The maximum atomic E-state index is 12.8. The number of carbonyl (C=O) groups is 2. The number of para-hydroxylation sites is 1. The summed E-state index contributed by atoms with van der Waals surface area (Å²) < 4.78 is 0. The van der Waals surface area contributed by atoms with E-state index < -0.39 is 6.04 Å². The number of hydrogen-bond donors (Lipinski definition) is 2. The van der Waals surface area contributed by atoms with E-state index in [0.29, 0.717) is 11.3 Å². The highest BCUT2D eigenvalue weighted by Crippen LogP contribution is 2.17. The van der Waals surface area contributed by atoms with Gasteiger partial charge in [0.15, 0.2) is 0 Å².